The van der Waals surface area contributed by atoms with Crippen LogP contribution in [0.3, 0.4) is 0 Å². The van der Waals surface area contributed by atoms with Crippen molar-refractivity contribution in [2.45, 2.75) is 6.92 Å². The third-order valence-corrected chi connectivity index (χ3v) is 2.30. The summed E-state index contributed by atoms with van der Waals surface area (Å²) in [5, 5.41) is 29.8. The summed E-state index contributed by atoms with van der Waals surface area (Å²) in [6.45, 7) is 1.70. The Hall–Kier alpha value is -3.07. The van der Waals surface area contributed by atoms with Crippen molar-refractivity contribution in [3.8, 4) is 0 Å². The second-order valence-electron chi connectivity index (χ2n) is 3.84. The Morgan fingerprint density at radius 3 is 2.62 bits per heavy atom. The predicted octanol–water partition coefficient (Wildman–Crippen LogP) is 2.64. The molecule has 0 aliphatic heterocycles. The molecule has 9 heteroatoms. The molecule has 0 aromatic heterocycles. The molecule has 0 bridgehead atoms. The number of aliphatic imine (C=N–C) groups is 1. The van der Waals surface area contributed by atoms with Crippen LogP contribution >= 0.6 is 0 Å². The van der Waals surface area contributed by atoms with Crippen LogP contribution in [0, 0.1) is 20.2 Å². The molecule has 0 spiro atoms. The Labute approximate surface area is 119 Å². The van der Waals surface area contributed by atoms with Crippen molar-refractivity contribution >= 4 is 23.3 Å². The number of allylic oxidation sites excluding steroid dienone is 3. The van der Waals surface area contributed by atoms with Crippen LogP contribution in [-0.2, 0) is 0 Å². The first-order valence-electron chi connectivity index (χ1n) is 5.65. The van der Waals surface area contributed by atoms with E-state index in [1.54, 1.807) is 13.0 Å². The number of nitro groups is 2. The fourth-order valence-corrected chi connectivity index (χ4v) is 1.34. The highest BCUT2D eigenvalue weighted by Crippen LogP contribution is 2.31. The molecule has 1 aromatic carbocycles. The van der Waals surface area contributed by atoms with Crippen LogP contribution < -0.4 is 5.48 Å². The van der Waals surface area contributed by atoms with Crippen molar-refractivity contribution in [1.29, 1.82) is 0 Å². The first-order chi connectivity index (χ1) is 9.95. The molecule has 2 N–H and O–H groups in total. The monoisotopic (exact) mass is 292 g/mol. The molecule has 0 radical (unpaired) electrons. The van der Waals surface area contributed by atoms with E-state index in [9.17, 15) is 20.2 Å². The molecular formula is C12H12N4O5. The van der Waals surface area contributed by atoms with E-state index in [1.807, 2.05) is 5.48 Å². The van der Waals surface area contributed by atoms with Gasteiger partial charge in [0.1, 0.15) is 5.69 Å². The lowest BCUT2D eigenvalue weighted by atomic mass is 10.2. The van der Waals surface area contributed by atoms with Gasteiger partial charge in [-0.1, -0.05) is 6.08 Å². The fourth-order valence-electron chi connectivity index (χ4n) is 1.34. The lowest BCUT2D eigenvalue weighted by Crippen LogP contribution is -1.93. The summed E-state index contributed by atoms with van der Waals surface area (Å²) in [5.41, 5.74) is 1.68. The number of nitrogens with one attached hydrogen (secondary N) is 1. The summed E-state index contributed by atoms with van der Waals surface area (Å²) in [6, 6.07) is 3.22. The summed E-state index contributed by atoms with van der Waals surface area (Å²) in [7, 11) is 0. The molecule has 0 heterocycles. The molecule has 0 unspecified atom stereocenters. The molecular weight excluding hydrogens is 280 g/mol. The third-order valence-electron chi connectivity index (χ3n) is 2.30. The van der Waals surface area contributed by atoms with Gasteiger partial charge in [-0.15, -0.1) is 0 Å². The lowest BCUT2D eigenvalue weighted by Gasteiger charge is -1.97. The van der Waals surface area contributed by atoms with Gasteiger partial charge in [0, 0.05) is 18.5 Å². The quantitative estimate of drug-likeness (QED) is 0.358. The molecule has 0 saturated heterocycles. The number of nitrogens with zero attached hydrogens (tertiary/aromatic N) is 3. The van der Waals surface area contributed by atoms with Gasteiger partial charge in [0.2, 0.25) is 0 Å². The average molecular weight is 292 g/mol. The van der Waals surface area contributed by atoms with Crippen LogP contribution in [-0.4, -0.2) is 21.3 Å². The van der Waals surface area contributed by atoms with E-state index < -0.39 is 15.5 Å². The van der Waals surface area contributed by atoms with Gasteiger partial charge in [0.05, 0.1) is 15.9 Å². The number of non-ortho nitro benzene ring substituents is 1. The van der Waals surface area contributed by atoms with Gasteiger partial charge in [-0.2, -0.15) is 0 Å². The summed E-state index contributed by atoms with van der Waals surface area (Å²) in [5.74, 6) is 0. The Bertz CT molecular complexity index is 637. The first kappa shape index (κ1) is 16.0. The molecule has 21 heavy (non-hydrogen) atoms. The zero-order chi connectivity index (χ0) is 15.8. The smallest absolute Gasteiger partial charge is 0.292 e. The number of rotatable bonds is 6. The molecule has 0 saturated carbocycles. The zero-order valence-corrected chi connectivity index (χ0v) is 11.0. The number of hydrogen-bond acceptors (Lipinski definition) is 7. The highest BCUT2D eigenvalue weighted by molar-refractivity contribution is 5.82. The minimum Gasteiger partial charge on any atom is -0.292 e. The second-order valence-corrected chi connectivity index (χ2v) is 3.84. The minimum atomic E-state index is -0.728. The molecule has 0 atom stereocenters. The lowest BCUT2D eigenvalue weighted by molar-refractivity contribution is -0.393. The van der Waals surface area contributed by atoms with E-state index in [1.165, 1.54) is 24.6 Å². The normalized spacial score (nSPS) is 12.0. The van der Waals surface area contributed by atoms with Crippen molar-refractivity contribution in [1.82, 2.24) is 5.48 Å². The maximum atomic E-state index is 10.9. The van der Waals surface area contributed by atoms with E-state index in [-0.39, 0.29) is 11.4 Å². The number of nitro benzene ring substituents is 2. The largest absolute Gasteiger partial charge is 0.301 e. The van der Waals surface area contributed by atoms with Gasteiger partial charge in [0.25, 0.3) is 5.69 Å². The molecule has 110 valence electrons. The average Bonchev–Trinajstić information content (AvgIpc) is 2.45. The molecule has 0 aliphatic rings. The highest BCUT2D eigenvalue weighted by Gasteiger charge is 2.18. The van der Waals surface area contributed by atoms with Crippen LogP contribution in [0.1, 0.15) is 6.92 Å². The summed E-state index contributed by atoms with van der Waals surface area (Å²) in [6.07, 6.45) is 5.75. The Morgan fingerprint density at radius 1 is 1.33 bits per heavy atom. The van der Waals surface area contributed by atoms with Crippen LogP contribution in [0.2, 0.25) is 0 Å². The zero-order valence-electron chi connectivity index (χ0n) is 11.0. The van der Waals surface area contributed by atoms with Gasteiger partial charge in [0.15, 0.2) is 0 Å². The molecule has 1 aromatic rings. The molecule has 0 amide bonds. The Morgan fingerprint density at radius 2 is 2.05 bits per heavy atom. The van der Waals surface area contributed by atoms with Crippen LogP contribution in [0.4, 0.5) is 17.1 Å². The van der Waals surface area contributed by atoms with Crippen LogP contribution in [0.5, 0.6) is 0 Å². The predicted molar refractivity (Wildman–Crippen MR) is 75.7 cm³/mol. The van der Waals surface area contributed by atoms with Gasteiger partial charge in [-0.05, 0) is 24.6 Å². The maximum Gasteiger partial charge on any atom is 0.301 e. The van der Waals surface area contributed by atoms with Gasteiger partial charge in [-0.3, -0.25) is 30.9 Å². The van der Waals surface area contributed by atoms with Crippen LogP contribution in [0.25, 0.3) is 0 Å². The van der Waals surface area contributed by atoms with Crippen molar-refractivity contribution in [3.05, 3.63) is 62.4 Å². The maximum absolute atomic E-state index is 10.9. The van der Waals surface area contributed by atoms with Gasteiger partial charge in [-0.25, -0.2) is 4.99 Å². The van der Waals surface area contributed by atoms with Crippen molar-refractivity contribution in [3.63, 3.8) is 0 Å². The van der Waals surface area contributed by atoms with Gasteiger partial charge < -0.3 is 0 Å². The topological polar surface area (TPSA) is 131 Å². The summed E-state index contributed by atoms with van der Waals surface area (Å²) < 4.78 is 0. The molecule has 1 rings (SSSR count). The number of benzene rings is 1. The minimum absolute atomic E-state index is 0.0163. The SMILES string of the molecule is C/C(C=Nc1ccc([N+](=O)[O-])cc1[N+](=O)[O-])=C\C=C\NO. The third kappa shape index (κ3) is 4.84. The van der Waals surface area contributed by atoms with Crippen molar-refractivity contribution in [2.24, 2.45) is 4.99 Å². The highest BCUT2D eigenvalue weighted by atomic mass is 16.6. The van der Waals surface area contributed by atoms with E-state index in [0.29, 0.717) is 5.57 Å². The molecule has 0 fully saturated rings. The standard InChI is InChI=1S/C12H12N4O5/c1-9(3-2-6-14-17)8-13-11-5-4-10(15(18)19)7-12(11)16(20)21/h2-8,14,17H,1H3/b6-2+,9-3+,13-8?. The van der Waals surface area contributed by atoms with Gasteiger partial charge >= 0.3 is 5.69 Å². The van der Waals surface area contributed by atoms with E-state index >= 15 is 0 Å². The Kier molecular flexibility index (Phi) is 5.71. The number of hydrogen-bond donors (Lipinski definition) is 2. The molecule has 9 nitrogen and oxygen atoms in total. The summed E-state index contributed by atoms with van der Waals surface area (Å²) in [4.78, 5) is 24.0. The second kappa shape index (κ2) is 7.50. The van der Waals surface area contributed by atoms with E-state index in [4.69, 9.17) is 5.21 Å². The Balaban J connectivity index is 3.08. The van der Waals surface area contributed by atoms with Crippen molar-refractivity contribution in [2.75, 3.05) is 0 Å². The van der Waals surface area contributed by atoms with Crippen LogP contribution in [0.15, 0.2) is 47.1 Å². The first-order valence-corrected chi connectivity index (χ1v) is 5.65. The van der Waals surface area contributed by atoms with E-state index in [0.717, 1.165) is 12.1 Å². The molecule has 0 aliphatic carbocycles. The fraction of sp³-hybridized carbons (Fsp3) is 0.0833. The number of hydroxylamine groups is 1. The van der Waals surface area contributed by atoms with Crippen molar-refractivity contribution < 1.29 is 15.1 Å². The van der Waals surface area contributed by atoms with E-state index in [2.05, 4.69) is 4.99 Å². The summed E-state index contributed by atoms with van der Waals surface area (Å²) >= 11 is 0.